The van der Waals surface area contributed by atoms with Crippen LogP contribution in [0.2, 0.25) is 0 Å². The van der Waals surface area contributed by atoms with Crippen molar-refractivity contribution in [3.63, 3.8) is 0 Å². The Kier molecular flexibility index (Phi) is 5.58. The number of alkyl halides is 1. The molecule has 116 valence electrons. The molecule has 0 saturated carbocycles. The van der Waals surface area contributed by atoms with Crippen LogP contribution in [-0.4, -0.2) is 42.0 Å². The maximum Gasteiger partial charge on any atom is 0.269 e. The Labute approximate surface area is 134 Å². The van der Waals surface area contributed by atoms with E-state index in [1.807, 2.05) is 6.07 Å². The topological polar surface area (TPSA) is 49.6 Å². The molecular weight excluding hydrogens is 334 g/mol. The van der Waals surface area contributed by atoms with Crippen LogP contribution in [-0.2, 0) is 5.33 Å². The third kappa shape index (κ3) is 3.55. The van der Waals surface area contributed by atoms with Crippen molar-refractivity contribution in [3.8, 4) is 0 Å². The number of nitro groups is 1. The molecule has 6 heteroatoms. The molecule has 1 saturated heterocycles. The molecule has 0 bridgehead atoms. The Hall–Kier alpha value is -1.14. The summed E-state index contributed by atoms with van der Waals surface area (Å²) in [5.74, 6) is 0. The number of anilines is 1. The zero-order valence-corrected chi connectivity index (χ0v) is 14.2. The highest BCUT2D eigenvalue weighted by molar-refractivity contribution is 9.08. The lowest BCUT2D eigenvalue weighted by atomic mass is 10.1. The van der Waals surface area contributed by atoms with E-state index >= 15 is 0 Å². The van der Waals surface area contributed by atoms with Crippen LogP contribution in [0.25, 0.3) is 0 Å². The van der Waals surface area contributed by atoms with Gasteiger partial charge in [0, 0.05) is 42.3 Å². The zero-order valence-electron chi connectivity index (χ0n) is 12.6. The van der Waals surface area contributed by atoms with Crippen LogP contribution in [0, 0.1) is 10.1 Å². The lowest BCUT2D eigenvalue weighted by Crippen LogP contribution is -2.37. The minimum atomic E-state index is -0.335. The molecule has 1 aromatic carbocycles. The van der Waals surface area contributed by atoms with E-state index in [-0.39, 0.29) is 10.6 Å². The SMILES string of the molecule is CCN(CC)C1CCN(c2ccc([N+](=O)[O-])cc2CBr)C1. The monoisotopic (exact) mass is 355 g/mol. The second-order valence-electron chi connectivity index (χ2n) is 5.31. The third-order valence-electron chi connectivity index (χ3n) is 4.25. The summed E-state index contributed by atoms with van der Waals surface area (Å²) in [6.07, 6.45) is 1.15. The van der Waals surface area contributed by atoms with E-state index in [4.69, 9.17) is 0 Å². The highest BCUT2D eigenvalue weighted by Gasteiger charge is 2.27. The van der Waals surface area contributed by atoms with Gasteiger partial charge in [-0.3, -0.25) is 15.0 Å². The first kappa shape index (κ1) is 16.2. The smallest absolute Gasteiger partial charge is 0.269 e. The van der Waals surface area contributed by atoms with Crippen molar-refractivity contribution in [2.24, 2.45) is 0 Å². The van der Waals surface area contributed by atoms with E-state index in [0.29, 0.717) is 11.4 Å². The molecule has 0 aliphatic carbocycles. The normalized spacial score (nSPS) is 18.5. The van der Waals surface area contributed by atoms with Crippen molar-refractivity contribution in [2.75, 3.05) is 31.1 Å². The number of rotatable bonds is 6. The van der Waals surface area contributed by atoms with E-state index in [1.54, 1.807) is 12.1 Å². The summed E-state index contributed by atoms with van der Waals surface area (Å²) in [6, 6.07) is 5.75. The number of likely N-dealkylation sites (N-methyl/N-ethyl adjacent to an activating group) is 1. The maximum atomic E-state index is 10.9. The quantitative estimate of drug-likeness (QED) is 0.445. The fourth-order valence-electron chi connectivity index (χ4n) is 3.10. The van der Waals surface area contributed by atoms with Gasteiger partial charge in [-0.25, -0.2) is 0 Å². The van der Waals surface area contributed by atoms with Crippen molar-refractivity contribution in [2.45, 2.75) is 31.6 Å². The molecule has 5 nitrogen and oxygen atoms in total. The molecule has 1 heterocycles. The van der Waals surface area contributed by atoms with Crippen molar-refractivity contribution in [1.82, 2.24) is 4.90 Å². The first-order chi connectivity index (χ1) is 10.1. The number of hydrogen-bond acceptors (Lipinski definition) is 4. The Morgan fingerprint density at radius 1 is 1.43 bits per heavy atom. The zero-order chi connectivity index (χ0) is 15.4. The van der Waals surface area contributed by atoms with Gasteiger partial charge in [0.2, 0.25) is 0 Å². The van der Waals surface area contributed by atoms with Crippen LogP contribution >= 0.6 is 15.9 Å². The molecule has 1 aromatic rings. The molecule has 0 spiro atoms. The van der Waals surface area contributed by atoms with Gasteiger partial charge in [0.15, 0.2) is 0 Å². The van der Waals surface area contributed by atoms with E-state index in [0.717, 1.165) is 43.9 Å². The molecule has 0 N–H and O–H groups in total. The predicted octanol–water partition coefficient (Wildman–Crippen LogP) is 3.41. The van der Waals surface area contributed by atoms with Gasteiger partial charge in [-0.05, 0) is 31.1 Å². The number of nitrogens with zero attached hydrogens (tertiary/aromatic N) is 3. The lowest BCUT2D eigenvalue weighted by Gasteiger charge is -2.27. The third-order valence-corrected chi connectivity index (χ3v) is 4.85. The molecule has 1 fully saturated rings. The summed E-state index contributed by atoms with van der Waals surface area (Å²) >= 11 is 3.45. The molecule has 1 atom stereocenters. The van der Waals surface area contributed by atoms with Gasteiger partial charge in [-0.15, -0.1) is 0 Å². The minimum absolute atomic E-state index is 0.160. The molecule has 0 aromatic heterocycles. The van der Waals surface area contributed by atoms with Crippen LogP contribution in [0.3, 0.4) is 0 Å². The molecular formula is C15H22BrN3O2. The molecule has 2 rings (SSSR count). The first-order valence-corrected chi connectivity index (χ1v) is 8.55. The van der Waals surface area contributed by atoms with Crippen molar-refractivity contribution >= 4 is 27.3 Å². The van der Waals surface area contributed by atoms with Crippen LogP contribution < -0.4 is 4.90 Å². The molecule has 1 aliphatic rings. The van der Waals surface area contributed by atoms with Crippen LogP contribution in [0.5, 0.6) is 0 Å². The van der Waals surface area contributed by atoms with Crippen LogP contribution in [0.15, 0.2) is 18.2 Å². The van der Waals surface area contributed by atoms with Crippen LogP contribution in [0.4, 0.5) is 11.4 Å². The van der Waals surface area contributed by atoms with Gasteiger partial charge < -0.3 is 4.90 Å². The van der Waals surface area contributed by atoms with E-state index in [9.17, 15) is 10.1 Å². The van der Waals surface area contributed by atoms with Gasteiger partial charge in [-0.1, -0.05) is 29.8 Å². The standard InChI is InChI=1S/C15H22BrN3O2/c1-3-17(4-2)14-7-8-18(11-14)15-6-5-13(19(20)21)9-12(15)10-16/h5-6,9,14H,3-4,7-8,10-11H2,1-2H3. The molecule has 21 heavy (non-hydrogen) atoms. The number of nitro benzene ring substituents is 1. The van der Waals surface area contributed by atoms with Gasteiger partial charge in [0.1, 0.15) is 0 Å². The fourth-order valence-corrected chi connectivity index (χ4v) is 3.55. The number of benzene rings is 1. The van der Waals surface area contributed by atoms with Crippen LogP contribution in [0.1, 0.15) is 25.8 Å². The first-order valence-electron chi connectivity index (χ1n) is 7.43. The summed E-state index contributed by atoms with van der Waals surface area (Å²) < 4.78 is 0. The molecule has 1 unspecified atom stereocenters. The highest BCUT2D eigenvalue weighted by Crippen LogP contribution is 2.30. The number of non-ortho nitro benzene ring substituents is 1. The molecule has 1 aliphatic heterocycles. The summed E-state index contributed by atoms with van der Waals surface area (Å²) in [5, 5.41) is 11.5. The fraction of sp³-hybridized carbons (Fsp3) is 0.600. The maximum absolute atomic E-state index is 10.9. The average Bonchev–Trinajstić information content (AvgIpc) is 2.97. The number of hydrogen-bond donors (Lipinski definition) is 0. The Morgan fingerprint density at radius 2 is 2.14 bits per heavy atom. The minimum Gasteiger partial charge on any atom is -0.370 e. The highest BCUT2D eigenvalue weighted by atomic mass is 79.9. The van der Waals surface area contributed by atoms with Crippen molar-refractivity contribution in [3.05, 3.63) is 33.9 Å². The molecule has 0 amide bonds. The van der Waals surface area contributed by atoms with Gasteiger partial charge in [-0.2, -0.15) is 0 Å². The summed E-state index contributed by atoms with van der Waals surface area (Å²) in [7, 11) is 0. The Bertz CT molecular complexity index is 506. The van der Waals surface area contributed by atoms with E-state index < -0.39 is 0 Å². The van der Waals surface area contributed by atoms with Gasteiger partial charge in [0.05, 0.1) is 4.92 Å². The Balaban J connectivity index is 2.17. The van der Waals surface area contributed by atoms with Crippen molar-refractivity contribution < 1.29 is 4.92 Å². The van der Waals surface area contributed by atoms with E-state index in [1.165, 1.54) is 0 Å². The van der Waals surface area contributed by atoms with E-state index in [2.05, 4.69) is 39.6 Å². The number of halogens is 1. The predicted molar refractivity (Wildman–Crippen MR) is 89.3 cm³/mol. The largest absolute Gasteiger partial charge is 0.370 e. The summed E-state index contributed by atoms with van der Waals surface area (Å²) in [4.78, 5) is 15.4. The second kappa shape index (κ2) is 7.22. The Morgan fingerprint density at radius 3 is 2.71 bits per heavy atom. The van der Waals surface area contributed by atoms with Crippen molar-refractivity contribution in [1.29, 1.82) is 0 Å². The summed E-state index contributed by atoms with van der Waals surface area (Å²) in [6.45, 7) is 8.55. The average molecular weight is 356 g/mol. The second-order valence-corrected chi connectivity index (χ2v) is 5.87. The lowest BCUT2D eigenvalue weighted by molar-refractivity contribution is -0.384. The summed E-state index contributed by atoms with van der Waals surface area (Å²) in [5.41, 5.74) is 2.27. The molecule has 0 radical (unpaired) electrons. The van der Waals surface area contributed by atoms with Gasteiger partial charge in [0.25, 0.3) is 5.69 Å². The van der Waals surface area contributed by atoms with Gasteiger partial charge >= 0.3 is 0 Å².